The van der Waals surface area contributed by atoms with Crippen molar-refractivity contribution in [3.05, 3.63) is 29.3 Å². The Morgan fingerprint density at radius 3 is 2.53 bits per heavy atom. The highest BCUT2D eigenvalue weighted by Crippen LogP contribution is 2.26. The second kappa shape index (κ2) is 8.18. The van der Waals surface area contributed by atoms with Crippen LogP contribution >= 0.6 is 0 Å². The van der Waals surface area contributed by atoms with Crippen LogP contribution in [0.5, 0.6) is 5.75 Å². The molecule has 0 amide bonds. The molecule has 0 saturated carbocycles. The lowest BCUT2D eigenvalue weighted by Gasteiger charge is -2.17. The molecular formula is C16H27NO2. The van der Waals surface area contributed by atoms with Crippen LogP contribution in [0.4, 0.5) is 0 Å². The molecule has 1 aromatic rings. The molecule has 1 unspecified atom stereocenters. The van der Waals surface area contributed by atoms with Gasteiger partial charge >= 0.3 is 0 Å². The highest BCUT2D eigenvalue weighted by molar-refractivity contribution is 5.38. The quantitative estimate of drug-likeness (QED) is 0.731. The highest BCUT2D eigenvalue weighted by atomic mass is 16.5. The number of benzene rings is 1. The summed E-state index contributed by atoms with van der Waals surface area (Å²) in [4.78, 5) is 0. The van der Waals surface area contributed by atoms with Gasteiger partial charge < -0.3 is 14.8 Å². The predicted octanol–water partition coefficient (Wildman–Crippen LogP) is 3.33. The van der Waals surface area contributed by atoms with E-state index in [9.17, 15) is 0 Å². The van der Waals surface area contributed by atoms with Crippen LogP contribution in [0.15, 0.2) is 18.2 Å². The molecule has 0 saturated heterocycles. The number of aryl methyl sites for hydroxylation is 1. The largest absolute Gasteiger partial charge is 0.491 e. The molecule has 3 nitrogen and oxygen atoms in total. The van der Waals surface area contributed by atoms with Crippen molar-refractivity contribution in [2.24, 2.45) is 5.92 Å². The number of nitrogens with one attached hydrogen (secondary N) is 1. The van der Waals surface area contributed by atoms with Gasteiger partial charge in [-0.3, -0.25) is 0 Å². The minimum atomic E-state index is 0.284. The Morgan fingerprint density at radius 2 is 1.89 bits per heavy atom. The zero-order chi connectivity index (χ0) is 14.3. The Labute approximate surface area is 117 Å². The van der Waals surface area contributed by atoms with Crippen molar-refractivity contribution in [1.82, 2.24) is 5.32 Å². The second-order valence-electron chi connectivity index (χ2n) is 5.37. The summed E-state index contributed by atoms with van der Waals surface area (Å²) in [7, 11) is 1.96. The summed E-state index contributed by atoms with van der Waals surface area (Å²) >= 11 is 0. The maximum atomic E-state index is 5.83. The van der Waals surface area contributed by atoms with Crippen molar-refractivity contribution in [2.45, 2.75) is 33.7 Å². The van der Waals surface area contributed by atoms with Gasteiger partial charge in [-0.2, -0.15) is 0 Å². The molecule has 1 rings (SSSR count). The van der Waals surface area contributed by atoms with Crippen LogP contribution in [-0.4, -0.2) is 26.9 Å². The predicted molar refractivity (Wildman–Crippen MR) is 79.8 cm³/mol. The van der Waals surface area contributed by atoms with Crippen LogP contribution in [0, 0.1) is 12.8 Å². The number of hydrogen-bond donors (Lipinski definition) is 1. The molecular weight excluding hydrogens is 238 g/mol. The Morgan fingerprint density at radius 1 is 1.16 bits per heavy atom. The zero-order valence-electron chi connectivity index (χ0n) is 12.8. The first kappa shape index (κ1) is 16.0. The summed E-state index contributed by atoms with van der Waals surface area (Å²) < 4.78 is 11.4. The molecule has 0 radical (unpaired) electrons. The fourth-order valence-corrected chi connectivity index (χ4v) is 1.82. The monoisotopic (exact) mass is 265 g/mol. The van der Waals surface area contributed by atoms with Crippen LogP contribution < -0.4 is 10.1 Å². The third kappa shape index (κ3) is 5.62. The summed E-state index contributed by atoms with van der Waals surface area (Å²) in [6.45, 7) is 10.6. The molecule has 0 aliphatic heterocycles. The lowest BCUT2D eigenvalue weighted by atomic mass is 10.0. The van der Waals surface area contributed by atoms with Gasteiger partial charge in [0.1, 0.15) is 12.4 Å². The Hall–Kier alpha value is -1.06. The molecule has 0 spiro atoms. The maximum absolute atomic E-state index is 5.83. The third-order valence-corrected chi connectivity index (χ3v) is 3.00. The molecule has 0 aliphatic rings. The standard InChI is InChI=1S/C16H27NO2/c1-12(2)11-18-8-9-19-16-7-6-13(3)10-15(16)14(4)17-5/h6-7,10,12,14,17H,8-9,11H2,1-5H3. The molecule has 108 valence electrons. The molecule has 1 atom stereocenters. The van der Waals surface area contributed by atoms with Crippen molar-refractivity contribution in [3.63, 3.8) is 0 Å². The van der Waals surface area contributed by atoms with Gasteiger partial charge in [0.15, 0.2) is 0 Å². The van der Waals surface area contributed by atoms with Crippen LogP contribution in [0.2, 0.25) is 0 Å². The zero-order valence-corrected chi connectivity index (χ0v) is 12.8. The van der Waals surface area contributed by atoms with E-state index in [0.29, 0.717) is 19.1 Å². The Kier molecular flexibility index (Phi) is 6.89. The molecule has 0 aromatic heterocycles. The minimum Gasteiger partial charge on any atom is -0.491 e. The third-order valence-electron chi connectivity index (χ3n) is 3.00. The fraction of sp³-hybridized carbons (Fsp3) is 0.625. The molecule has 0 bridgehead atoms. The van der Waals surface area contributed by atoms with Gasteiger partial charge in [-0.05, 0) is 32.9 Å². The van der Waals surface area contributed by atoms with E-state index in [1.807, 2.05) is 13.1 Å². The number of ether oxygens (including phenoxy) is 2. The van der Waals surface area contributed by atoms with Gasteiger partial charge in [-0.25, -0.2) is 0 Å². The average molecular weight is 265 g/mol. The summed E-state index contributed by atoms with van der Waals surface area (Å²) in [5.74, 6) is 1.51. The van der Waals surface area contributed by atoms with Crippen LogP contribution in [-0.2, 0) is 4.74 Å². The summed E-state index contributed by atoms with van der Waals surface area (Å²) in [6.07, 6.45) is 0. The van der Waals surface area contributed by atoms with E-state index >= 15 is 0 Å². The topological polar surface area (TPSA) is 30.5 Å². The highest BCUT2D eigenvalue weighted by Gasteiger charge is 2.10. The molecule has 1 aromatic carbocycles. The van der Waals surface area contributed by atoms with Crippen molar-refractivity contribution in [2.75, 3.05) is 26.9 Å². The van der Waals surface area contributed by atoms with E-state index in [0.717, 1.165) is 12.4 Å². The van der Waals surface area contributed by atoms with Crippen LogP contribution in [0.1, 0.15) is 37.9 Å². The van der Waals surface area contributed by atoms with E-state index in [1.165, 1.54) is 11.1 Å². The molecule has 0 aliphatic carbocycles. The van der Waals surface area contributed by atoms with Gasteiger partial charge in [0.2, 0.25) is 0 Å². The van der Waals surface area contributed by atoms with E-state index in [2.05, 4.69) is 45.1 Å². The fourth-order valence-electron chi connectivity index (χ4n) is 1.82. The Bertz CT molecular complexity index is 377. The van der Waals surface area contributed by atoms with Gasteiger partial charge in [0.05, 0.1) is 6.61 Å². The molecule has 0 fully saturated rings. The van der Waals surface area contributed by atoms with E-state index in [1.54, 1.807) is 0 Å². The normalized spacial score (nSPS) is 12.7. The molecule has 19 heavy (non-hydrogen) atoms. The second-order valence-corrected chi connectivity index (χ2v) is 5.37. The maximum Gasteiger partial charge on any atom is 0.124 e. The van der Waals surface area contributed by atoms with Gasteiger partial charge in [-0.1, -0.05) is 31.5 Å². The summed E-state index contributed by atoms with van der Waals surface area (Å²) in [5.41, 5.74) is 2.45. The lowest BCUT2D eigenvalue weighted by molar-refractivity contribution is 0.0815. The lowest BCUT2D eigenvalue weighted by Crippen LogP contribution is -2.15. The molecule has 0 heterocycles. The SMILES string of the molecule is CNC(C)c1cc(C)ccc1OCCOCC(C)C. The van der Waals surface area contributed by atoms with Crippen molar-refractivity contribution in [3.8, 4) is 5.75 Å². The summed E-state index contributed by atoms with van der Waals surface area (Å²) in [5, 5.41) is 3.25. The van der Waals surface area contributed by atoms with Gasteiger partial charge in [0.25, 0.3) is 0 Å². The van der Waals surface area contributed by atoms with Crippen LogP contribution in [0.25, 0.3) is 0 Å². The smallest absolute Gasteiger partial charge is 0.124 e. The van der Waals surface area contributed by atoms with Crippen molar-refractivity contribution in [1.29, 1.82) is 0 Å². The molecule has 1 N–H and O–H groups in total. The van der Waals surface area contributed by atoms with Crippen LogP contribution in [0.3, 0.4) is 0 Å². The van der Waals surface area contributed by atoms with E-state index in [4.69, 9.17) is 9.47 Å². The van der Waals surface area contributed by atoms with E-state index < -0.39 is 0 Å². The first-order chi connectivity index (χ1) is 9.04. The molecule has 3 heteroatoms. The van der Waals surface area contributed by atoms with Crippen molar-refractivity contribution >= 4 is 0 Å². The van der Waals surface area contributed by atoms with Gasteiger partial charge in [0, 0.05) is 18.2 Å². The average Bonchev–Trinajstić information content (AvgIpc) is 2.38. The first-order valence-electron chi connectivity index (χ1n) is 7.03. The Balaban J connectivity index is 2.53. The van der Waals surface area contributed by atoms with E-state index in [-0.39, 0.29) is 6.04 Å². The van der Waals surface area contributed by atoms with Crippen molar-refractivity contribution < 1.29 is 9.47 Å². The van der Waals surface area contributed by atoms with Gasteiger partial charge in [-0.15, -0.1) is 0 Å². The number of hydrogen-bond acceptors (Lipinski definition) is 3. The number of rotatable bonds is 8. The first-order valence-corrected chi connectivity index (χ1v) is 7.03. The minimum absolute atomic E-state index is 0.284. The summed E-state index contributed by atoms with van der Waals surface area (Å²) in [6, 6.07) is 6.58.